The molecule has 39 heavy (non-hydrogen) atoms. The minimum Gasteiger partial charge on any atom is -0.370 e. The minimum absolute atomic E-state index is 0.267. The summed E-state index contributed by atoms with van der Waals surface area (Å²) >= 11 is 13.6. The average Bonchev–Trinajstić information content (AvgIpc) is 2.88. The van der Waals surface area contributed by atoms with Crippen molar-refractivity contribution in [2.45, 2.75) is 116 Å². The number of hydrogen-bond acceptors (Lipinski definition) is 3. The predicted molar refractivity (Wildman–Crippen MR) is 170 cm³/mol. The summed E-state index contributed by atoms with van der Waals surface area (Å²) in [5, 5.41) is 1.75. The van der Waals surface area contributed by atoms with Gasteiger partial charge in [0.2, 0.25) is 0 Å². The van der Waals surface area contributed by atoms with Gasteiger partial charge in [-0.1, -0.05) is 49.2 Å². The first kappa shape index (κ1) is 30.5. The smallest absolute Gasteiger partial charge is 0.0642 e. The molecule has 2 aromatic rings. The second kappa shape index (κ2) is 13.0. The first-order valence-electron chi connectivity index (χ1n) is 15.2. The van der Waals surface area contributed by atoms with Gasteiger partial charge in [0, 0.05) is 26.2 Å². The first-order valence-corrected chi connectivity index (χ1v) is 16.0. The summed E-state index contributed by atoms with van der Waals surface area (Å²) in [5.74, 6) is 0.699. The van der Waals surface area contributed by atoms with Crippen molar-refractivity contribution in [2.24, 2.45) is 0 Å². The number of hydrogen-bond donors (Lipinski definition) is 0. The Bertz CT molecular complexity index is 1000. The second-order valence-electron chi connectivity index (χ2n) is 13.3. The van der Waals surface area contributed by atoms with Crippen LogP contribution >= 0.6 is 23.2 Å². The molecule has 216 valence electrons. The van der Waals surface area contributed by atoms with Gasteiger partial charge >= 0.3 is 0 Å². The molecule has 2 saturated heterocycles. The molecule has 0 radical (unpaired) electrons. The van der Waals surface area contributed by atoms with E-state index in [9.17, 15) is 0 Å². The number of anilines is 2. The molecule has 2 aliphatic rings. The molecule has 2 fully saturated rings. The zero-order valence-corrected chi connectivity index (χ0v) is 26.7. The number of piperidine rings is 2. The van der Waals surface area contributed by atoms with Gasteiger partial charge in [0.25, 0.3) is 0 Å². The first-order chi connectivity index (χ1) is 18.4. The molecule has 0 aliphatic carbocycles. The third kappa shape index (κ3) is 8.30. The van der Waals surface area contributed by atoms with Gasteiger partial charge in [-0.05, 0) is 126 Å². The van der Waals surface area contributed by atoms with Crippen LogP contribution in [0.1, 0.15) is 116 Å². The zero-order chi connectivity index (χ0) is 28.2. The number of nitrogens with zero attached hydrogens (tertiary/aromatic N) is 2. The summed E-state index contributed by atoms with van der Waals surface area (Å²) in [6.45, 7) is 17.9. The van der Waals surface area contributed by atoms with Gasteiger partial charge in [0.15, 0.2) is 0 Å². The van der Waals surface area contributed by atoms with Crippen LogP contribution in [0.5, 0.6) is 0 Å². The highest BCUT2D eigenvalue weighted by Gasteiger charge is 2.33. The van der Waals surface area contributed by atoms with Crippen LogP contribution in [0.15, 0.2) is 36.4 Å². The van der Waals surface area contributed by atoms with E-state index in [1.807, 2.05) is 0 Å². The lowest BCUT2D eigenvalue weighted by Crippen LogP contribution is -2.38. The topological polar surface area (TPSA) is 15.7 Å². The normalized spacial score (nSPS) is 18.8. The minimum atomic E-state index is -0.267. The number of benzene rings is 2. The molecule has 0 bridgehead atoms. The maximum absolute atomic E-state index is 6.83. The van der Waals surface area contributed by atoms with E-state index < -0.39 is 0 Å². The molecule has 0 spiro atoms. The fourth-order valence-corrected chi connectivity index (χ4v) is 7.60. The van der Waals surface area contributed by atoms with Gasteiger partial charge in [0.05, 0.1) is 32.6 Å². The summed E-state index contributed by atoms with van der Waals surface area (Å²) in [4.78, 5) is 4.87. The molecule has 4 rings (SSSR count). The Hall–Kier alpha value is -1.42. The average molecular weight is 574 g/mol. The molecule has 5 heteroatoms. The lowest BCUT2D eigenvalue weighted by atomic mass is 9.86. The number of ether oxygens (including phenoxy) is 1. The van der Waals surface area contributed by atoms with E-state index in [1.54, 1.807) is 0 Å². The molecule has 0 amide bonds. The van der Waals surface area contributed by atoms with Crippen molar-refractivity contribution in [3.8, 4) is 0 Å². The largest absolute Gasteiger partial charge is 0.370 e. The zero-order valence-electron chi connectivity index (χ0n) is 25.2. The Balaban J connectivity index is 1.35. The Kier molecular flexibility index (Phi) is 10.2. The SMILES string of the molecule is CC(CC(C)(C)OC(C)(C)CC(C)c1ccc(N2CCCCC2)c(Cl)c1)c1ccc(N2CCCCC2)c(Cl)c1. The summed E-state index contributed by atoms with van der Waals surface area (Å²) in [7, 11) is 0. The van der Waals surface area contributed by atoms with Crippen LogP contribution in [0.2, 0.25) is 10.0 Å². The van der Waals surface area contributed by atoms with Crippen molar-refractivity contribution >= 4 is 34.6 Å². The van der Waals surface area contributed by atoms with Gasteiger partial charge in [-0.15, -0.1) is 0 Å². The Morgan fingerprint density at radius 1 is 0.641 bits per heavy atom. The van der Waals surface area contributed by atoms with Crippen molar-refractivity contribution in [3.63, 3.8) is 0 Å². The van der Waals surface area contributed by atoms with Crippen LogP contribution < -0.4 is 9.80 Å². The number of rotatable bonds is 10. The lowest BCUT2D eigenvalue weighted by Gasteiger charge is -2.39. The van der Waals surface area contributed by atoms with Gasteiger partial charge in [0.1, 0.15) is 0 Å². The molecule has 0 saturated carbocycles. The van der Waals surface area contributed by atoms with E-state index in [-0.39, 0.29) is 11.2 Å². The van der Waals surface area contributed by atoms with Gasteiger partial charge < -0.3 is 14.5 Å². The molecule has 0 aromatic heterocycles. The molecule has 2 unspecified atom stereocenters. The van der Waals surface area contributed by atoms with Crippen molar-refractivity contribution in [1.29, 1.82) is 0 Å². The number of halogens is 2. The van der Waals surface area contributed by atoms with E-state index in [1.165, 1.54) is 61.0 Å². The van der Waals surface area contributed by atoms with E-state index >= 15 is 0 Å². The van der Waals surface area contributed by atoms with Crippen molar-refractivity contribution in [1.82, 2.24) is 0 Å². The maximum Gasteiger partial charge on any atom is 0.0642 e. The third-order valence-corrected chi connectivity index (χ3v) is 9.23. The summed E-state index contributed by atoms with van der Waals surface area (Å²) in [6, 6.07) is 13.3. The summed E-state index contributed by atoms with van der Waals surface area (Å²) in [6.07, 6.45) is 9.53. The van der Waals surface area contributed by atoms with E-state index in [2.05, 4.69) is 87.7 Å². The van der Waals surface area contributed by atoms with Gasteiger partial charge in [-0.2, -0.15) is 0 Å². The summed E-state index contributed by atoms with van der Waals surface area (Å²) < 4.78 is 6.83. The summed E-state index contributed by atoms with van der Waals surface area (Å²) in [5.41, 5.74) is 4.40. The van der Waals surface area contributed by atoms with Crippen molar-refractivity contribution in [3.05, 3.63) is 57.6 Å². The fourth-order valence-electron chi connectivity index (χ4n) is 6.98. The van der Waals surface area contributed by atoms with Crippen LogP contribution in [-0.2, 0) is 4.74 Å². The predicted octanol–water partition coefficient (Wildman–Crippen LogP) is 10.2. The Labute approximate surface area is 248 Å². The molecule has 2 aromatic carbocycles. The molecule has 3 nitrogen and oxygen atoms in total. The molecule has 2 aliphatic heterocycles. The van der Waals surface area contributed by atoms with E-state index in [0.717, 1.165) is 49.1 Å². The monoisotopic (exact) mass is 572 g/mol. The molecule has 2 atom stereocenters. The second-order valence-corrected chi connectivity index (χ2v) is 14.2. The molecular weight excluding hydrogens is 523 g/mol. The highest BCUT2D eigenvalue weighted by Crippen LogP contribution is 2.39. The standard InChI is InChI=1S/C34H50Cl2N2O/c1-25(27-13-15-31(29(35)21-27)37-17-9-7-10-18-37)23-33(3,4)39-34(5,6)24-26(2)28-14-16-32(30(36)22-28)38-19-11-8-12-20-38/h13-16,21-22,25-26H,7-12,17-20,23-24H2,1-6H3. The maximum atomic E-state index is 6.83. The van der Waals surface area contributed by atoms with Gasteiger partial charge in [-0.25, -0.2) is 0 Å². The Morgan fingerprint density at radius 3 is 1.33 bits per heavy atom. The highest BCUT2D eigenvalue weighted by atomic mass is 35.5. The fraction of sp³-hybridized carbons (Fsp3) is 0.647. The highest BCUT2D eigenvalue weighted by molar-refractivity contribution is 6.33. The quantitative estimate of drug-likeness (QED) is 0.281. The van der Waals surface area contributed by atoms with Crippen LogP contribution in [0.3, 0.4) is 0 Å². The van der Waals surface area contributed by atoms with E-state index in [4.69, 9.17) is 27.9 Å². The van der Waals surface area contributed by atoms with Crippen LogP contribution in [-0.4, -0.2) is 37.4 Å². The van der Waals surface area contributed by atoms with Crippen molar-refractivity contribution in [2.75, 3.05) is 36.0 Å². The molecule has 2 heterocycles. The molecule has 0 N–H and O–H groups in total. The van der Waals surface area contributed by atoms with E-state index in [0.29, 0.717) is 11.8 Å². The Morgan fingerprint density at radius 2 is 1.00 bits per heavy atom. The van der Waals surface area contributed by atoms with Crippen molar-refractivity contribution < 1.29 is 4.74 Å². The molecular formula is C34H50Cl2N2O. The van der Waals surface area contributed by atoms with Crippen LogP contribution in [0.25, 0.3) is 0 Å². The third-order valence-electron chi connectivity index (χ3n) is 8.62. The van der Waals surface area contributed by atoms with Gasteiger partial charge in [-0.3, -0.25) is 0 Å². The van der Waals surface area contributed by atoms with Crippen LogP contribution in [0.4, 0.5) is 11.4 Å². The lowest BCUT2D eigenvalue weighted by molar-refractivity contribution is -0.133. The van der Waals surface area contributed by atoms with Crippen LogP contribution in [0, 0.1) is 0 Å².